The number of carbonyl (C=O) groups is 1. The number of nitrogens with one attached hydrogen (secondary N) is 1. The Balaban J connectivity index is 1.69. The van der Waals surface area contributed by atoms with Crippen LogP contribution in [0.25, 0.3) is 0 Å². The first-order valence-corrected chi connectivity index (χ1v) is 8.24. The van der Waals surface area contributed by atoms with Gasteiger partial charge in [0.05, 0.1) is 5.02 Å². The minimum atomic E-state index is -0.167. The quantitative estimate of drug-likeness (QED) is 0.634. The number of anilines is 1. The van der Waals surface area contributed by atoms with E-state index in [4.69, 9.17) is 27.9 Å². The molecule has 3 aromatic rings. The second-order valence-electron chi connectivity index (χ2n) is 5.39. The molecule has 0 aliphatic heterocycles. The summed E-state index contributed by atoms with van der Waals surface area (Å²) < 4.78 is 5.61. The van der Waals surface area contributed by atoms with Gasteiger partial charge < -0.3 is 10.1 Å². The topological polar surface area (TPSA) is 51.2 Å². The lowest BCUT2D eigenvalue weighted by atomic mass is 10.1. The fourth-order valence-corrected chi connectivity index (χ4v) is 2.60. The monoisotopic (exact) mass is 372 g/mol. The standard InChI is InChI=1S/C19H14Cl2N2O2/c1-12-3-2-4-13(9-12)18(24)23-15-5-7-16(8-6-15)25-19-17(21)10-14(20)11-22-19/h2-11H,1H3,(H,23,24). The van der Waals surface area contributed by atoms with Gasteiger partial charge in [-0.2, -0.15) is 0 Å². The number of amides is 1. The van der Waals surface area contributed by atoms with Crippen molar-refractivity contribution in [1.29, 1.82) is 0 Å². The summed E-state index contributed by atoms with van der Waals surface area (Å²) >= 11 is 11.8. The number of rotatable bonds is 4. The van der Waals surface area contributed by atoms with Gasteiger partial charge in [0.15, 0.2) is 0 Å². The van der Waals surface area contributed by atoms with E-state index in [2.05, 4.69) is 10.3 Å². The molecule has 0 aliphatic rings. The number of halogens is 2. The van der Waals surface area contributed by atoms with Crippen LogP contribution in [-0.4, -0.2) is 10.9 Å². The number of aromatic nitrogens is 1. The minimum Gasteiger partial charge on any atom is -0.438 e. The Morgan fingerprint density at radius 2 is 1.84 bits per heavy atom. The van der Waals surface area contributed by atoms with Crippen LogP contribution in [-0.2, 0) is 0 Å². The van der Waals surface area contributed by atoms with E-state index in [0.717, 1.165) is 5.56 Å². The molecule has 0 saturated carbocycles. The van der Waals surface area contributed by atoms with Gasteiger partial charge in [0.25, 0.3) is 5.91 Å². The van der Waals surface area contributed by atoms with E-state index in [1.807, 2.05) is 25.1 Å². The maximum absolute atomic E-state index is 12.2. The molecule has 0 atom stereocenters. The molecule has 6 heteroatoms. The van der Waals surface area contributed by atoms with Crippen molar-refractivity contribution in [3.05, 3.63) is 82.0 Å². The van der Waals surface area contributed by atoms with Crippen LogP contribution in [0, 0.1) is 6.92 Å². The van der Waals surface area contributed by atoms with Gasteiger partial charge in [-0.15, -0.1) is 0 Å². The molecule has 0 unspecified atom stereocenters. The van der Waals surface area contributed by atoms with Gasteiger partial charge in [0.2, 0.25) is 5.88 Å². The van der Waals surface area contributed by atoms with Crippen molar-refractivity contribution in [3.63, 3.8) is 0 Å². The Bertz CT molecular complexity index is 912. The average Bonchev–Trinajstić information content (AvgIpc) is 2.59. The lowest BCUT2D eigenvalue weighted by molar-refractivity contribution is 0.102. The van der Waals surface area contributed by atoms with Crippen molar-refractivity contribution in [1.82, 2.24) is 4.98 Å². The third kappa shape index (κ3) is 4.50. The Morgan fingerprint density at radius 1 is 1.08 bits per heavy atom. The normalized spacial score (nSPS) is 10.4. The molecule has 0 saturated heterocycles. The summed E-state index contributed by atoms with van der Waals surface area (Å²) in [5.41, 5.74) is 2.30. The number of aryl methyl sites for hydroxylation is 1. The molecule has 2 aromatic carbocycles. The number of hydrogen-bond donors (Lipinski definition) is 1. The van der Waals surface area contributed by atoms with Gasteiger partial charge in [-0.3, -0.25) is 4.79 Å². The highest BCUT2D eigenvalue weighted by Gasteiger charge is 2.08. The van der Waals surface area contributed by atoms with Crippen molar-refractivity contribution in [2.75, 3.05) is 5.32 Å². The van der Waals surface area contributed by atoms with Gasteiger partial charge in [-0.1, -0.05) is 40.9 Å². The lowest BCUT2D eigenvalue weighted by Crippen LogP contribution is -2.11. The molecule has 0 bridgehead atoms. The van der Waals surface area contributed by atoms with E-state index in [1.54, 1.807) is 36.4 Å². The number of hydrogen-bond acceptors (Lipinski definition) is 3. The van der Waals surface area contributed by atoms with Gasteiger partial charge in [0.1, 0.15) is 10.8 Å². The molecule has 0 fully saturated rings. The third-order valence-electron chi connectivity index (χ3n) is 3.38. The summed E-state index contributed by atoms with van der Waals surface area (Å²) in [5.74, 6) is 0.646. The number of nitrogens with zero attached hydrogens (tertiary/aromatic N) is 1. The smallest absolute Gasteiger partial charge is 0.255 e. The Labute approximate surface area is 155 Å². The molecule has 0 spiro atoms. The molecule has 126 valence electrons. The molecule has 1 N–H and O–H groups in total. The van der Waals surface area contributed by atoms with Crippen LogP contribution in [0.1, 0.15) is 15.9 Å². The average molecular weight is 373 g/mol. The summed E-state index contributed by atoms with van der Waals surface area (Å²) in [5, 5.41) is 3.60. The molecule has 1 amide bonds. The van der Waals surface area contributed by atoms with Crippen LogP contribution in [0.4, 0.5) is 5.69 Å². The van der Waals surface area contributed by atoms with E-state index in [9.17, 15) is 4.79 Å². The predicted molar refractivity (Wildman–Crippen MR) is 99.9 cm³/mol. The predicted octanol–water partition coefficient (Wildman–Crippen LogP) is 5.74. The Morgan fingerprint density at radius 3 is 2.52 bits per heavy atom. The molecule has 1 heterocycles. The van der Waals surface area contributed by atoms with E-state index in [1.165, 1.54) is 6.20 Å². The lowest BCUT2D eigenvalue weighted by Gasteiger charge is -2.09. The second-order valence-corrected chi connectivity index (χ2v) is 6.23. The largest absolute Gasteiger partial charge is 0.438 e. The van der Waals surface area contributed by atoms with Gasteiger partial charge in [-0.05, 0) is 49.4 Å². The Kier molecular flexibility index (Phi) is 5.22. The van der Waals surface area contributed by atoms with Crippen molar-refractivity contribution >= 4 is 34.8 Å². The summed E-state index contributed by atoms with van der Waals surface area (Å²) in [7, 11) is 0. The van der Waals surface area contributed by atoms with Crippen molar-refractivity contribution < 1.29 is 9.53 Å². The fourth-order valence-electron chi connectivity index (χ4n) is 2.18. The summed E-state index contributed by atoms with van der Waals surface area (Å²) in [4.78, 5) is 16.3. The summed E-state index contributed by atoms with van der Waals surface area (Å²) in [6.45, 7) is 1.94. The molecule has 0 radical (unpaired) electrons. The maximum atomic E-state index is 12.2. The number of ether oxygens (including phenoxy) is 1. The number of carbonyl (C=O) groups excluding carboxylic acids is 1. The SMILES string of the molecule is Cc1cccc(C(=O)Nc2ccc(Oc3ncc(Cl)cc3Cl)cc2)c1. The van der Waals surface area contributed by atoms with Crippen LogP contribution >= 0.6 is 23.2 Å². The highest BCUT2D eigenvalue weighted by Crippen LogP contribution is 2.29. The first-order chi connectivity index (χ1) is 12.0. The molecule has 4 nitrogen and oxygen atoms in total. The van der Waals surface area contributed by atoms with Crippen LogP contribution in [0.3, 0.4) is 0 Å². The zero-order valence-corrected chi connectivity index (χ0v) is 14.8. The fraction of sp³-hybridized carbons (Fsp3) is 0.0526. The van der Waals surface area contributed by atoms with E-state index < -0.39 is 0 Å². The Hall–Kier alpha value is -2.56. The summed E-state index contributed by atoms with van der Waals surface area (Å²) in [6.07, 6.45) is 1.46. The number of benzene rings is 2. The van der Waals surface area contributed by atoms with E-state index >= 15 is 0 Å². The first kappa shape index (κ1) is 17.3. The van der Waals surface area contributed by atoms with Crippen LogP contribution in [0.5, 0.6) is 11.6 Å². The molecule has 25 heavy (non-hydrogen) atoms. The van der Waals surface area contributed by atoms with Crippen LogP contribution in [0.15, 0.2) is 60.8 Å². The van der Waals surface area contributed by atoms with Gasteiger partial charge in [-0.25, -0.2) is 4.98 Å². The first-order valence-electron chi connectivity index (χ1n) is 7.48. The highest BCUT2D eigenvalue weighted by atomic mass is 35.5. The molecule has 1 aromatic heterocycles. The molecule has 3 rings (SSSR count). The van der Waals surface area contributed by atoms with Gasteiger partial charge >= 0.3 is 0 Å². The highest BCUT2D eigenvalue weighted by molar-refractivity contribution is 6.35. The van der Waals surface area contributed by atoms with Crippen LogP contribution in [0.2, 0.25) is 10.0 Å². The minimum absolute atomic E-state index is 0.167. The zero-order chi connectivity index (χ0) is 17.8. The molecular formula is C19H14Cl2N2O2. The molecule has 0 aliphatic carbocycles. The zero-order valence-electron chi connectivity index (χ0n) is 13.3. The van der Waals surface area contributed by atoms with E-state index in [0.29, 0.717) is 27.0 Å². The number of pyridine rings is 1. The second kappa shape index (κ2) is 7.55. The summed E-state index contributed by atoms with van der Waals surface area (Å²) in [6, 6.07) is 15.9. The van der Waals surface area contributed by atoms with Crippen molar-refractivity contribution in [3.8, 4) is 11.6 Å². The maximum Gasteiger partial charge on any atom is 0.255 e. The van der Waals surface area contributed by atoms with E-state index in [-0.39, 0.29) is 11.8 Å². The van der Waals surface area contributed by atoms with Crippen LogP contribution < -0.4 is 10.1 Å². The van der Waals surface area contributed by atoms with Crippen molar-refractivity contribution in [2.45, 2.75) is 6.92 Å². The van der Waals surface area contributed by atoms with Gasteiger partial charge in [0, 0.05) is 17.4 Å². The van der Waals surface area contributed by atoms with Crippen molar-refractivity contribution in [2.24, 2.45) is 0 Å². The molecular weight excluding hydrogens is 359 g/mol. The third-order valence-corrected chi connectivity index (χ3v) is 3.86.